The van der Waals surface area contributed by atoms with Crippen LogP contribution < -0.4 is 10.6 Å². The molecule has 0 aromatic rings. The second-order valence-electron chi connectivity index (χ2n) is 3.81. The summed E-state index contributed by atoms with van der Waals surface area (Å²) in [7, 11) is 0. The smallest absolute Gasteiger partial charge is 0.314 e. The summed E-state index contributed by atoms with van der Waals surface area (Å²) in [5, 5.41) is 14.2. The second kappa shape index (κ2) is 10.3. The molecular formula is C11H22N2O3S. The normalized spacial score (nSPS) is 11.9. The van der Waals surface area contributed by atoms with Gasteiger partial charge in [0.15, 0.2) is 0 Å². The number of rotatable bonds is 9. The molecule has 0 fully saturated rings. The molecule has 100 valence electrons. The minimum atomic E-state index is -0.852. The Kier molecular flexibility index (Phi) is 9.71. The molecule has 0 aliphatic heterocycles. The Balaban J connectivity index is 3.69. The fourth-order valence-corrected chi connectivity index (χ4v) is 1.79. The van der Waals surface area contributed by atoms with Gasteiger partial charge in [-0.1, -0.05) is 13.3 Å². The van der Waals surface area contributed by atoms with E-state index in [9.17, 15) is 9.59 Å². The zero-order valence-corrected chi connectivity index (χ0v) is 11.3. The van der Waals surface area contributed by atoms with Gasteiger partial charge in [-0.2, -0.15) is 11.8 Å². The quantitative estimate of drug-likeness (QED) is 0.551. The summed E-state index contributed by atoms with van der Waals surface area (Å²) in [5.41, 5.74) is 0. The molecule has 0 aliphatic carbocycles. The number of carboxylic acids is 1. The highest BCUT2D eigenvalue weighted by atomic mass is 32.2. The monoisotopic (exact) mass is 262 g/mol. The van der Waals surface area contributed by atoms with E-state index in [1.807, 2.05) is 13.2 Å². The summed E-state index contributed by atoms with van der Waals surface area (Å²) in [6, 6.07) is -0.284. The summed E-state index contributed by atoms with van der Waals surface area (Å²) in [6.45, 7) is 2.74. The van der Waals surface area contributed by atoms with Crippen molar-refractivity contribution >= 4 is 23.8 Å². The van der Waals surface area contributed by atoms with Crippen molar-refractivity contribution in [3.8, 4) is 0 Å². The third-order valence-electron chi connectivity index (χ3n) is 2.31. The van der Waals surface area contributed by atoms with Crippen LogP contribution in [0, 0.1) is 5.92 Å². The van der Waals surface area contributed by atoms with E-state index in [4.69, 9.17) is 5.11 Å². The highest BCUT2D eigenvalue weighted by Crippen LogP contribution is 2.04. The summed E-state index contributed by atoms with van der Waals surface area (Å²) >= 11 is 1.73. The lowest BCUT2D eigenvalue weighted by atomic mass is 10.0. The van der Waals surface area contributed by atoms with Gasteiger partial charge in [0.1, 0.15) is 0 Å². The first kappa shape index (κ1) is 16.1. The van der Waals surface area contributed by atoms with E-state index in [2.05, 4.69) is 10.6 Å². The molecular weight excluding hydrogens is 240 g/mol. The first-order valence-electron chi connectivity index (χ1n) is 5.85. The predicted molar refractivity (Wildman–Crippen MR) is 70.4 cm³/mol. The lowest BCUT2D eigenvalue weighted by Crippen LogP contribution is -2.40. The summed E-state index contributed by atoms with van der Waals surface area (Å²) in [5.74, 6) is -0.333. The zero-order chi connectivity index (χ0) is 13.1. The average molecular weight is 262 g/mol. The fraction of sp³-hybridized carbons (Fsp3) is 0.818. The minimum absolute atomic E-state index is 0.192. The van der Waals surface area contributed by atoms with Gasteiger partial charge < -0.3 is 15.7 Å². The number of carbonyl (C=O) groups excluding carboxylic acids is 1. The molecule has 1 unspecified atom stereocenters. The highest BCUT2D eigenvalue weighted by molar-refractivity contribution is 7.98. The van der Waals surface area contributed by atoms with Gasteiger partial charge in [-0.15, -0.1) is 0 Å². The van der Waals surface area contributed by atoms with Crippen LogP contribution in [0.3, 0.4) is 0 Å². The molecule has 0 aliphatic rings. The van der Waals surface area contributed by atoms with Crippen molar-refractivity contribution in [2.75, 3.05) is 25.1 Å². The van der Waals surface area contributed by atoms with Gasteiger partial charge in [0.2, 0.25) is 0 Å². The molecule has 0 spiro atoms. The van der Waals surface area contributed by atoms with Crippen LogP contribution in [-0.2, 0) is 4.79 Å². The van der Waals surface area contributed by atoms with Crippen molar-refractivity contribution in [3.63, 3.8) is 0 Å². The second-order valence-corrected chi connectivity index (χ2v) is 4.79. The molecule has 0 rings (SSSR count). The molecule has 0 radical (unpaired) electrons. The van der Waals surface area contributed by atoms with Gasteiger partial charge in [0.25, 0.3) is 0 Å². The molecule has 0 aromatic heterocycles. The van der Waals surface area contributed by atoms with E-state index in [1.165, 1.54) is 0 Å². The Labute approximate surface area is 107 Å². The van der Waals surface area contributed by atoms with Gasteiger partial charge in [0, 0.05) is 13.1 Å². The van der Waals surface area contributed by atoms with Crippen molar-refractivity contribution in [3.05, 3.63) is 0 Å². The molecule has 6 heteroatoms. The number of urea groups is 1. The van der Waals surface area contributed by atoms with Gasteiger partial charge >= 0.3 is 12.0 Å². The van der Waals surface area contributed by atoms with Crippen molar-refractivity contribution in [1.29, 1.82) is 0 Å². The number of nitrogens with one attached hydrogen (secondary N) is 2. The molecule has 0 bridgehead atoms. The Hall–Kier alpha value is -0.910. The highest BCUT2D eigenvalue weighted by Gasteiger charge is 2.16. The van der Waals surface area contributed by atoms with Crippen molar-refractivity contribution in [1.82, 2.24) is 10.6 Å². The molecule has 0 saturated carbocycles. The van der Waals surface area contributed by atoms with Crippen molar-refractivity contribution in [2.24, 2.45) is 5.92 Å². The zero-order valence-electron chi connectivity index (χ0n) is 10.5. The topological polar surface area (TPSA) is 78.4 Å². The lowest BCUT2D eigenvalue weighted by molar-refractivity contribution is -0.141. The van der Waals surface area contributed by atoms with Crippen LogP contribution in [0.2, 0.25) is 0 Å². The third kappa shape index (κ3) is 8.85. The van der Waals surface area contributed by atoms with Crippen molar-refractivity contribution < 1.29 is 14.7 Å². The molecule has 17 heavy (non-hydrogen) atoms. The third-order valence-corrected chi connectivity index (χ3v) is 3.00. The largest absolute Gasteiger partial charge is 0.481 e. The van der Waals surface area contributed by atoms with Crippen LogP contribution in [0.25, 0.3) is 0 Å². The maximum Gasteiger partial charge on any atom is 0.314 e. The summed E-state index contributed by atoms with van der Waals surface area (Å²) in [6.07, 6.45) is 4.32. The van der Waals surface area contributed by atoms with Crippen LogP contribution >= 0.6 is 11.8 Å². The maximum absolute atomic E-state index is 11.3. The molecule has 0 heterocycles. The number of carbonyl (C=O) groups is 2. The number of hydrogen-bond donors (Lipinski definition) is 3. The molecule has 5 nitrogen and oxygen atoms in total. The fourth-order valence-electron chi connectivity index (χ4n) is 1.36. The Bertz CT molecular complexity index is 237. The predicted octanol–water partition coefficient (Wildman–Crippen LogP) is 1.54. The van der Waals surface area contributed by atoms with Gasteiger partial charge in [0.05, 0.1) is 5.92 Å². The van der Waals surface area contributed by atoms with Crippen LogP contribution in [0.5, 0.6) is 0 Å². The molecule has 0 aromatic carbocycles. The van der Waals surface area contributed by atoms with E-state index >= 15 is 0 Å². The minimum Gasteiger partial charge on any atom is -0.481 e. The number of amides is 2. The Morgan fingerprint density at radius 2 is 2.06 bits per heavy atom. The SMILES string of the molecule is CCCC(CNC(=O)NCCCSC)C(=O)O. The van der Waals surface area contributed by atoms with Crippen molar-refractivity contribution in [2.45, 2.75) is 26.2 Å². The lowest BCUT2D eigenvalue weighted by Gasteiger charge is -2.12. The van der Waals surface area contributed by atoms with Gasteiger partial charge in [-0.25, -0.2) is 4.79 Å². The first-order valence-corrected chi connectivity index (χ1v) is 7.24. The van der Waals surface area contributed by atoms with E-state index in [-0.39, 0.29) is 12.6 Å². The Morgan fingerprint density at radius 1 is 1.35 bits per heavy atom. The average Bonchev–Trinajstić information content (AvgIpc) is 2.29. The Morgan fingerprint density at radius 3 is 2.59 bits per heavy atom. The maximum atomic E-state index is 11.3. The van der Waals surface area contributed by atoms with Crippen LogP contribution in [0.15, 0.2) is 0 Å². The molecule has 1 atom stereocenters. The van der Waals surface area contributed by atoms with Gasteiger partial charge in [-0.05, 0) is 24.9 Å². The van der Waals surface area contributed by atoms with E-state index < -0.39 is 11.9 Å². The molecule has 0 saturated heterocycles. The first-order chi connectivity index (χ1) is 8.11. The number of aliphatic carboxylic acids is 1. The summed E-state index contributed by atoms with van der Waals surface area (Å²) in [4.78, 5) is 22.1. The van der Waals surface area contributed by atoms with Gasteiger partial charge in [-0.3, -0.25) is 4.79 Å². The number of thioether (sulfide) groups is 1. The van der Waals surface area contributed by atoms with E-state index in [0.29, 0.717) is 13.0 Å². The van der Waals surface area contributed by atoms with E-state index in [0.717, 1.165) is 18.6 Å². The van der Waals surface area contributed by atoms with Crippen LogP contribution in [0.4, 0.5) is 4.79 Å². The number of hydrogen-bond acceptors (Lipinski definition) is 3. The van der Waals surface area contributed by atoms with Crippen LogP contribution in [0.1, 0.15) is 26.2 Å². The van der Waals surface area contributed by atoms with E-state index in [1.54, 1.807) is 11.8 Å². The molecule has 2 amide bonds. The van der Waals surface area contributed by atoms with Crippen LogP contribution in [-0.4, -0.2) is 42.2 Å². The molecule has 3 N–H and O–H groups in total. The summed E-state index contributed by atoms with van der Waals surface area (Å²) < 4.78 is 0. The number of carboxylic acid groups (broad SMARTS) is 1. The standard InChI is InChI=1S/C11H22N2O3S/c1-3-5-9(10(14)15)8-13-11(16)12-6-4-7-17-2/h9H,3-8H2,1-2H3,(H,14,15)(H2,12,13,16).